The Morgan fingerprint density at radius 3 is 2.45 bits per heavy atom. The number of fused-ring (bicyclic) bond motifs is 1. The lowest BCUT2D eigenvalue weighted by molar-refractivity contribution is -0.119. The first-order valence-corrected chi connectivity index (χ1v) is 14.0. The first-order chi connectivity index (χ1) is 15.7. The van der Waals surface area contributed by atoms with Crippen LogP contribution in [0.2, 0.25) is 0 Å². The molecular formula is C24H23N3O3S3. The molecule has 9 heteroatoms. The van der Waals surface area contributed by atoms with Gasteiger partial charge in [-0.05, 0) is 37.1 Å². The summed E-state index contributed by atoms with van der Waals surface area (Å²) in [6, 6.07) is 14.6. The van der Waals surface area contributed by atoms with E-state index in [9.17, 15) is 13.2 Å². The molecule has 1 unspecified atom stereocenters. The fourth-order valence-corrected chi connectivity index (χ4v) is 5.84. The van der Waals surface area contributed by atoms with Gasteiger partial charge in [-0.15, -0.1) is 11.3 Å². The van der Waals surface area contributed by atoms with Crippen LogP contribution in [0, 0.1) is 6.92 Å². The van der Waals surface area contributed by atoms with Crippen molar-refractivity contribution in [3.63, 3.8) is 0 Å². The normalized spacial score (nSPS) is 12.6. The fourth-order valence-electron chi connectivity index (χ4n) is 3.41. The van der Waals surface area contributed by atoms with E-state index in [2.05, 4.69) is 51.9 Å². The summed E-state index contributed by atoms with van der Waals surface area (Å²) in [5.74, 6) is 0.0831. The van der Waals surface area contributed by atoms with Crippen LogP contribution in [-0.2, 0) is 14.6 Å². The number of carbonyl (C=O) groups excluding carboxylic acids is 1. The first-order valence-electron chi connectivity index (χ1n) is 10.2. The predicted molar refractivity (Wildman–Crippen MR) is 134 cm³/mol. The van der Waals surface area contributed by atoms with E-state index >= 15 is 0 Å². The van der Waals surface area contributed by atoms with E-state index in [1.54, 1.807) is 35.6 Å². The predicted octanol–water partition coefficient (Wildman–Crippen LogP) is 5.04. The lowest BCUT2D eigenvalue weighted by Gasteiger charge is -2.14. The fraction of sp³-hybridized carbons (Fsp3) is 0.208. The molecule has 0 radical (unpaired) electrons. The summed E-state index contributed by atoms with van der Waals surface area (Å²) in [5.41, 5.74) is 4.20. The minimum absolute atomic E-state index is 0.126. The van der Waals surface area contributed by atoms with Crippen LogP contribution in [0.15, 0.2) is 70.2 Å². The van der Waals surface area contributed by atoms with Gasteiger partial charge in [0.2, 0.25) is 5.91 Å². The van der Waals surface area contributed by atoms with Gasteiger partial charge < -0.3 is 5.32 Å². The van der Waals surface area contributed by atoms with Crippen LogP contribution in [0.3, 0.4) is 0 Å². The van der Waals surface area contributed by atoms with Crippen molar-refractivity contribution in [2.75, 3.05) is 12.0 Å². The summed E-state index contributed by atoms with van der Waals surface area (Å²) in [6.45, 7) is 3.93. The summed E-state index contributed by atoms with van der Waals surface area (Å²) in [6.07, 6.45) is 2.70. The number of hydrogen-bond acceptors (Lipinski definition) is 7. The van der Waals surface area contributed by atoms with Gasteiger partial charge in [0, 0.05) is 17.2 Å². The third-order valence-electron chi connectivity index (χ3n) is 5.22. The molecule has 6 nitrogen and oxygen atoms in total. The second-order valence-electron chi connectivity index (χ2n) is 7.79. The van der Waals surface area contributed by atoms with E-state index in [1.807, 2.05) is 6.92 Å². The molecule has 0 saturated heterocycles. The summed E-state index contributed by atoms with van der Waals surface area (Å²) in [7, 11) is -3.25. The molecule has 4 aromatic rings. The van der Waals surface area contributed by atoms with E-state index < -0.39 is 9.84 Å². The number of aryl methyl sites for hydroxylation is 1. The third-order valence-corrected chi connectivity index (χ3v) is 8.23. The second kappa shape index (κ2) is 9.62. The maximum Gasteiger partial charge on any atom is 0.230 e. The quantitative estimate of drug-likeness (QED) is 0.284. The molecule has 2 aromatic carbocycles. The maximum absolute atomic E-state index is 12.6. The van der Waals surface area contributed by atoms with E-state index in [-0.39, 0.29) is 22.6 Å². The molecule has 0 aliphatic heterocycles. The highest BCUT2D eigenvalue weighted by molar-refractivity contribution is 8.00. The highest BCUT2D eigenvalue weighted by Gasteiger charge is 2.16. The van der Waals surface area contributed by atoms with Crippen molar-refractivity contribution in [2.24, 2.45) is 0 Å². The van der Waals surface area contributed by atoms with Gasteiger partial charge in [-0.1, -0.05) is 53.7 Å². The number of thioether (sulfide) groups is 1. The Balaban J connectivity index is 1.46. The van der Waals surface area contributed by atoms with E-state index in [4.69, 9.17) is 0 Å². The third kappa shape index (κ3) is 5.43. The summed E-state index contributed by atoms with van der Waals surface area (Å²) >= 11 is 2.95. The lowest BCUT2D eigenvalue weighted by Crippen LogP contribution is -2.28. The topological polar surface area (TPSA) is 89.0 Å². The monoisotopic (exact) mass is 497 g/mol. The zero-order valence-corrected chi connectivity index (χ0v) is 20.9. The number of rotatable bonds is 7. The molecular weight excluding hydrogens is 474 g/mol. The summed E-state index contributed by atoms with van der Waals surface area (Å²) in [4.78, 5) is 22.6. The van der Waals surface area contributed by atoms with Crippen LogP contribution < -0.4 is 5.32 Å². The zero-order valence-electron chi connectivity index (χ0n) is 18.4. The smallest absolute Gasteiger partial charge is 0.230 e. The summed E-state index contributed by atoms with van der Waals surface area (Å²) < 4.78 is 23.3. The molecule has 0 spiro atoms. The molecule has 4 rings (SSSR count). The van der Waals surface area contributed by atoms with Gasteiger partial charge in [0.25, 0.3) is 0 Å². The van der Waals surface area contributed by atoms with Crippen LogP contribution in [0.25, 0.3) is 21.3 Å². The minimum Gasteiger partial charge on any atom is -0.349 e. The number of hydrogen-bond donors (Lipinski definition) is 1. The lowest BCUT2D eigenvalue weighted by atomic mass is 10.1. The molecule has 2 aromatic heterocycles. The van der Waals surface area contributed by atoms with Gasteiger partial charge in [0.05, 0.1) is 22.1 Å². The Bertz CT molecular complexity index is 1400. The molecule has 2 heterocycles. The molecule has 0 bridgehead atoms. The van der Waals surface area contributed by atoms with Crippen LogP contribution in [-0.4, -0.2) is 36.3 Å². The number of thiophene rings is 1. The SMILES string of the molecule is Cc1ccc(-c2csc3ncnc(SCC(=O)NC(C)c4ccc(S(C)(=O)=O)cc4)c23)cc1. The number of aromatic nitrogens is 2. The van der Waals surface area contributed by atoms with Gasteiger partial charge in [0.15, 0.2) is 9.84 Å². The molecule has 1 atom stereocenters. The van der Waals surface area contributed by atoms with Crippen molar-refractivity contribution in [3.05, 3.63) is 71.4 Å². The number of nitrogens with zero attached hydrogens (tertiary/aromatic N) is 2. The Morgan fingerprint density at radius 2 is 1.79 bits per heavy atom. The Hall–Kier alpha value is -2.75. The average molecular weight is 498 g/mol. The van der Waals surface area contributed by atoms with Gasteiger partial charge in [-0.3, -0.25) is 4.79 Å². The van der Waals surface area contributed by atoms with Crippen molar-refractivity contribution < 1.29 is 13.2 Å². The van der Waals surface area contributed by atoms with Crippen LogP contribution in [0.5, 0.6) is 0 Å². The van der Waals surface area contributed by atoms with E-state index in [0.717, 1.165) is 31.9 Å². The molecule has 0 fully saturated rings. The molecule has 1 N–H and O–H groups in total. The number of nitrogens with one attached hydrogen (secondary N) is 1. The van der Waals surface area contributed by atoms with Crippen molar-refractivity contribution in [1.29, 1.82) is 0 Å². The van der Waals surface area contributed by atoms with E-state index in [1.165, 1.54) is 29.9 Å². The van der Waals surface area contributed by atoms with Crippen molar-refractivity contribution >= 4 is 49.1 Å². The van der Waals surface area contributed by atoms with Gasteiger partial charge in [-0.2, -0.15) is 0 Å². The Morgan fingerprint density at radius 1 is 1.09 bits per heavy atom. The highest BCUT2D eigenvalue weighted by Crippen LogP contribution is 2.37. The molecule has 170 valence electrons. The standard InChI is InChI=1S/C24H23N3O3S3/c1-15-4-6-18(7-5-15)20-12-31-23-22(20)24(26-14-25-23)32-13-21(28)27-16(2)17-8-10-19(11-9-17)33(3,29)30/h4-12,14,16H,13H2,1-3H3,(H,27,28). The van der Waals surface area contributed by atoms with Crippen molar-refractivity contribution in [2.45, 2.75) is 29.8 Å². The maximum atomic E-state index is 12.6. The zero-order chi connectivity index (χ0) is 23.6. The molecule has 1 amide bonds. The highest BCUT2D eigenvalue weighted by atomic mass is 32.2. The molecule has 0 saturated carbocycles. The second-order valence-corrected chi connectivity index (χ2v) is 11.6. The Kier molecular flexibility index (Phi) is 6.83. The largest absolute Gasteiger partial charge is 0.349 e. The number of benzene rings is 2. The minimum atomic E-state index is -3.25. The average Bonchev–Trinajstić information content (AvgIpc) is 3.22. The summed E-state index contributed by atoms with van der Waals surface area (Å²) in [5, 5.41) is 6.79. The van der Waals surface area contributed by atoms with Crippen molar-refractivity contribution in [3.8, 4) is 11.1 Å². The van der Waals surface area contributed by atoms with Gasteiger partial charge >= 0.3 is 0 Å². The van der Waals surface area contributed by atoms with Crippen LogP contribution in [0.4, 0.5) is 0 Å². The first kappa shape index (κ1) is 23.4. The molecule has 0 aliphatic rings. The number of carbonyl (C=O) groups is 1. The number of sulfone groups is 1. The van der Waals surface area contributed by atoms with Gasteiger partial charge in [0.1, 0.15) is 16.2 Å². The van der Waals surface area contributed by atoms with Crippen molar-refractivity contribution in [1.82, 2.24) is 15.3 Å². The molecule has 33 heavy (non-hydrogen) atoms. The number of amides is 1. The Labute approximate surface area is 201 Å². The van der Waals surface area contributed by atoms with Crippen LogP contribution in [0.1, 0.15) is 24.1 Å². The molecule has 0 aliphatic carbocycles. The van der Waals surface area contributed by atoms with Crippen LogP contribution >= 0.6 is 23.1 Å². The van der Waals surface area contributed by atoms with E-state index in [0.29, 0.717) is 0 Å². The van der Waals surface area contributed by atoms with Gasteiger partial charge in [-0.25, -0.2) is 18.4 Å².